The summed E-state index contributed by atoms with van der Waals surface area (Å²) in [6.45, 7) is 0.670. The third-order valence-corrected chi connectivity index (χ3v) is 5.24. The topological polar surface area (TPSA) is 45.2 Å². The average molecular weight is 376 g/mol. The molecule has 1 aliphatic heterocycles. The summed E-state index contributed by atoms with van der Waals surface area (Å²) in [7, 11) is 3.31. The molecule has 2 atom stereocenters. The van der Waals surface area contributed by atoms with Crippen molar-refractivity contribution in [3.05, 3.63) is 90.0 Å². The lowest BCUT2D eigenvalue weighted by Gasteiger charge is -2.29. The number of hydrogen-bond donors (Lipinski definition) is 1. The van der Waals surface area contributed by atoms with Crippen molar-refractivity contribution in [3.8, 4) is 11.5 Å². The molecule has 1 saturated heterocycles. The summed E-state index contributed by atoms with van der Waals surface area (Å²) in [4.78, 5) is 2.21. The van der Waals surface area contributed by atoms with Crippen molar-refractivity contribution < 1.29 is 14.7 Å². The summed E-state index contributed by atoms with van der Waals surface area (Å²) in [5.74, 6) is 1.60. The molecule has 5 nitrogen and oxygen atoms in total. The van der Waals surface area contributed by atoms with Gasteiger partial charge in [-0.1, -0.05) is 42.5 Å². The lowest BCUT2D eigenvalue weighted by atomic mass is 10.1. The van der Waals surface area contributed by atoms with Crippen molar-refractivity contribution in [2.24, 2.45) is 0 Å². The van der Waals surface area contributed by atoms with Crippen LogP contribution in [-0.2, 0) is 0 Å². The molecule has 4 rings (SSSR count). The standard InChI is InChI=1S/C23H24N2O3/c1-27-20-12-8-18(9-13-20)23-24(19-10-14-21(28-2)15-11-19)16-22(25(23)26)17-6-4-3-5-7-17/h3-15,22-23,26H,16H2,1-2H3. The van der Waals surface area contributed by atoms with E-state index in [0.717, 1.165) is 28.3 Å². The predicted molar refractivity (Wildman–Crippen MR) is 109 cm³/mol. The van der Waals surface area contributed by atoms with Gasteiger partial charge in [-0.25, -0.2) is 0 Å². The minimum Gasteiger partial charge on any atom is -0.497 e. The molecule has 1 heterocycles. The molecule has 144 valence electrons. The van der Waals surface area contributed by atoms with Crippen molar-refractivity contribution in [2.75, 3.05) is 25.7 Å². The van der Waals surface area contributed by atoms with Gasteiger partial charge < -0.3 is 19.6 Å². The molecule has 0 spiro atoms. The van der Waals surface area contributed by atoms with Crippen LogP contribution in [0.3, 0.4) is 0 Å². The maximum atomic E-state index is 11.2. The van der Waals surface area contributed by atoms with Gasteiger partial charge in [0.05, 0.1) is 20.3 Å². The van der Waals surface area contributed by atoms with E-state index >= 15 is 0 Å². The molecule has 1 N–H and O–H groups in total. The lowest BCUT2D eigenvalue weighted by Crippen LogP contribution is -2.29. The second-order valence-corrected chi connectivity index (χ2v) is 6.80. The van der Waals surface area contributed by atoms with Gasteiger partial charge in [-0.05, 0) is 47.5 Å². The van der Waals surface area contributed by atoms with E-state index in [-0.39, 0.29) is 12.2 Å². The molecule has 1 aliphatic rings. The van der Waals surface area contributed by atoms with E-state index in [1.165, 1.54) is 5.06 Å². The van der Waals surface area contributed by atoms with Crippen molar-refractivity contribution in [1.82, 2.24) is 5.06 Å². The Morgan fingerprint density at radius 1 is 0.750 bits per heavy atom. The molecule has 1 fully saturated rings. The second kappa shape index (κ2) is 7.92. The van der Waals surface area contributed by atoms with Crippen LogP contribution in [0.15, 0.2) is 78.9 Å². The Morgan fingerprint density at radius 3 is 1.89 bits per heavy atom. The maximum absolute atomic E-state index is 11.2. The van der Waals surface area contributed by atoms with Crippen molar-refractivity contribution in [3.63, 3.8) is 0 Å². The van der Waals surface area contributed by atoms with Gasteiger partial charge >= 0.3 is 0 Å². The number of hydroxylamine groups is 2. The Kier molecular flexibility index (Phi) is 5.19. The first-order valence-electron chi connectivity index (χ1n) is 9.28. The zero-order valence-electron chi connectivity index (χ0n) is 16.0. The Morgan fingerprint density at radius 2 is 1.32 bits per heavy atom. The number of nitrogens with zero attached hydrogens (tertiary/aromatic N) is 2. The predicted octanol–water partition coefficient (Wildman–Crippen LogP) is 4.66. The van der Waals surface area contributed by atoms with Crippen molar-refractivity contribution >= 4 is 5.69 Å². The van der Waals surface area contributed by atoms with Gasteiger partial charge in [0.2, 0.25) is 0 Å². The molecule has 5 heteroatoms. The highest BCUT2D eigenvalue weighted by atomic mass is 16.5. The van der Waals surface area contributed by atoms with Gasteiger partial charge in [-0.2, -0.15) is 5.06 Å². The molecule has 3 aromatic carbocycles. The largest absolute Gasteiger partial charge is 0.497 e. The first-order chi connectivity index (χ1) is 13.7. The smallest absolute Gasteiger partial charge is 0.132 e. The summed E-state index contributed by atoms with van der Waals surface area (Å²) < 4.78 is 10.6. The fourth-order valence-electron chi connectivity index (χ4n) is 3.75. The van der Waals surface area contributed by atoms with E-state index in [4.69, 9.17) is 9.47 Å². The van der Waals surface area contributed by atoms with Crippen LogP contribution >= 0.6 is 0 Å². The fraction of sp³-hybridized carbons (Fsp3) is 0.217. The molecule has 0 radical (unpaired) electrons. The average Bonchev–Trinajstić information content (AvgIpc) is 3.11. The highest BCUT2D eigenvalue weighted by Crippen LogP contribution is 2.42. The zero-order valence-corrected chi connectivity index (χ0v) is 16.0. The summed E-state index contributed by atoms with van der Waals surface area (Å²) in [5.41, 5.74) is 3.11. The van der Waals surface area contributed by atoms with Crippen LogP contribution < -0.4 is 14.4 Å². The second-order valence-electron chi connectivity index (χ2n) is 6.80. The van der Waals surface area contributed by atoms with Crippen LogP contribution in [-0.4, -0.2) is 31.0 Å². The molecule has 2 unspecified atom stereocenters. The maximum Gasteiger partial charge on any atom is 0.132 e. The van der Waals surface area contributed by atoms with E-state index in [0.29, 0.717) is 6.54 Å². The van der Waals surface area contributed by atoms with E-state index < -0.39 is 0 Å². The van der Waals surface area contributed by atoms with Crippen molar-refractivity contribution in [1.29, 1.82) is 0 Å². The third kappa shape index (κ3) is 3.42. The van der Waals surface area contributed by atoms with Crippen LogP contribution in [0.4, 0.5) is 5.69 Å². The zero-order chi connectivity index (χ0) is 19.5. The quantitative estimate of drug-likeness (QED) is 0.702. The van der Waals surface area contributed by atoms with Crippen LogP contribution in [0.1, 0.15) is 23.3 Å². The number of anilines is 1. The molecular formula is C23H24N2O3. The van der Waals surface area contributed by atoms with Gasteiger partial charge in [-0.15, -0.1) is 0 Å². The Labute approximate surface area is 165 Å². The number of rotatable bonds is 5. The SMILES string of the molecule is COc1ccc(C2N(c3ccc(OC)cc3)CC(c3ccccc3)N2O)cc1. The Hall–Kier alpha value is -3.02. The highest BCUT2D eigenvalue weighted by Gasteiger charge is 2.40. The molecule has 0 amide bonds. The van der Waals surface area contributed by atoms with E-state index in [1.807, 2.05) is 66.7 Å². The Bertz CT molecular complexity index is 897. The fourth-order valence-corrected chi connectivity index (χ4v) is 3.75. The molecule has 0 saturated carbocycles. The van der Waals surface area contributed by atoms with Crippen molar-refractivity contribution in [2.45, 2.75) is 12.2 Å². The van der Waals surface area contributed by atoms with E-state index in [1.54, 1.807) is 14.2 Å². The summed E-state index contributed by atoms with van der Waals surface area (Å²) in [6, 6.07) is 25.7. The number of ether oxygens (including phenoxy) is 2. The molecule has 3 aromatic rings. The van der Waals surface area contributed by atoms with Gasteiger partial charge in [0.1, 0.15) is 17.7 Å². The van der Waals surface area contributed by atoms with Crippen LogP contribution in [0.2, 0.25) is 0 Å². The van der Waals surface area contributed by atoms with Crippen LogP contribution in [0.25, 0.3) is 0 Å². The number of benzene rings is 3. The summed E-state index contributed by atoms with van der Waals surface area (Å²) in [6.07, 6.45) is -0.301. The lowest BCUT2D eigenvalue weighted by molar-refractivity contribution is -0.135. The van der Waals surface area contributed by atoms with E-state index in [2.05, 4.69) is 17.0 Å². The number of hydrogen-bond acceptors (Lipinski definition) is 5. The third-order valence-electron chi connectivity index (χ3n) is 5.24. The van der Waals surface area contributed by atoms with Gasteiger partial charge in [0.25, 0.3) is 0 Å². The van der Waals surface area contributed by atoms with Gasteiger partial charge in [0, 0.05) is 12.2 Å². The Balaban J connectivity index is 1.73. The highest BCUT2D eigenvalue weighted by molar-refractivity contribution is 5.53. The monoisotopic (exact) mass is 376 g/mol. The van der Waals surface area contributed by atoms with Gasteiger partial charge in [-0.3, -0.25) is 0 Å². The molecule has 0 aliphatic carbocycles. The molecule has 0 aromatic heterocycles. The normalized spacial score (nSPS) is 19.6. The first kappa shape index (κ1) is 18.3. The van der Waals surface area contributed by atoms with Gasteiger partial charge in [0.15, 0.2) is 0 Å². The van der Waals surface area contributed by atoms with E-state index in [9.17, 15) is 5.21 Å². The minimum atomic E-state index is -0.301. The summed E-state index contributed by atoms with van der Waals surface area (Å²) >= 11 is 0. The number of methoxy groups -OCH3 is 2. The summed E-state index contributed by atoms with van der Waals surface area (Å²) in [5, 5.41) is 12.6. The molecule has 28 heavy (non-hydrogen) atoms. The van der Waals surface area contributed by atoms with Crippen LogP contribution in [0.5, 0.6) is 11.5 Å². The van der Waals surface area contributed by atoms with Crippen LogP contribution in [0, 0.1) is 0 Å². The minimum absolute atomic E-state index is 0.129. The molecule has 0 bridgehead atoms. The molecular weight excluding hydrogens is 352 g/mol. The first-order valence-corrected chi connectivity index (χ1v) is 9.28.